The standard InChI is InChI=1S/C36H43N2O11/c1-9-10-23(49-33(40)22-15-35(2,3)38(42)36(22,4)5)32(39)37-30-20-14-25-24(47-17-48-25)13-19(20)28(29-21(30)16-46-34(29)41)18-11-26(43-6)31(45-8)27(12-18)44-7/h11-15,21,23,28-30H,9-10,16-17H2,1-8H3,(H,37,39)/t21-,23?,28+,29-,30+/m0/s1. The molecule has 1 fully saturated rings. The van der Waals surface area contributed by atoms with Crippen LogP contribution in [0.3, 0.4) is 0 Å². The molecule has 6 rings (SSSR count). The number of ether oxygens (including phenoxy) is 7. The maximum absolute atomic E-state index is 14.1. The van der Waals surface area contributed by atoms with Gasteiger partial charge in [-0.15, -0.1) is 10.3 Å². The lowest BCUT2D eigenvalue weighted by atomic mass is 9.65. The summed E-state index contributed by atoms with van der Waals surface area (Å²) in [6.45, 7) is 8.71. The zero-order valence-corrected chi connectivity index (χ0v) is 29.0. The lowest BCUT2D eigenvalue weighted by Gasteiger charge is -2.40. The molecule has 3 aliphatic heterocycles. The number of cyclic esters (lactones) is 1. The van der Waals surface area contributed by atoms with E-state index in [9.17, 15) is 19.6 Å². The van der Waals surface area contributed by atoms with Crippen molar-refractivity contribution in [3.05, 3.63) is 52.6 Å². The van der Waals surface area contributed by atoms with Crippen LogP contribution in [0.4, 0.5) is 0 Å². The minimum Gasteiger partial charge on any atom is -0.493 e. The average molecular weight is 680 g/mol. The number of rotatable bonds is 10. The number of hydrogen-bond donors (Lipinski definition) is 1. The molecule has 0 bridgehead atoms. The molecule has 1 unspecified atom stereocenters. The molecule has 1 radical (unpaired) electrons. The predicted molar refractivity (Wildman–Crippen MR) is 173 cm³/mol. The van der Waals surface area contributed by atoms with E-state index < -0.39 is 58.8 Å². The number of carbonyl (C=O) groups is 3. The fourth-order valence-corrected chi connectivity index (χ4v) is 7.70. The molecule has 263 valence electrons. The highest BCUT2D eigenvalue weighted by Crippen LogP contribution is 2.55. The van der Waals surface area contributed by atoms with E-state index >= 15 is 0 Å². The van der Waals surface area contributed by atoms with Crippen LogP contribution < -0.4 is 29.0 Å². The van der Waals surface area contributed by atoms with Crippen molar-refractivity contribution in [1.29, 1.82) is 0 Å². The molecule has 1 aliphatic carbocycles. The molecule has 49 heavy (non-hydrogen) atoms. The summed E-state index contributed by atoms with van der Waals surface area (Å²) in [5.41, 5.74) is 0.282. The van der Waals surface area contributed by atoms with Gasteiger partial charge in [0, 0.05) is 11.8 Å². The number of methoxy groups -OCH3 is 3. The van der Waals surface area contributed by atoms with E-state index in [1.165, 1.54) is 21.3 Å². The first kappa shape index (κ1) is 34.4. The van der Waals surface area contributed by atoms with Crippen LogP contribution in [0.25, 0.3) is 0 Å². The van der Waals surface area contributed by atoms with Gasteiger partial charge >= 0.3 is 11.9 Å². The summed E-state index contributed by atoms with van der Waals surface area (Å²) in [4.78, 5) is 41.2. The number of esters is 2. The van der Waals surface area contributed by atoms with Crippen LogP contribution in [-0.4, -0.2) is 74.8 Å². The monoisotopic (exact) mass is 679 g/mol. The van der Waals surface area contributed by atoms with Gasteiger partial charge in [0.15, 0.2) is 29.1 Å². The van der Waals surface area contributed by atoms with E-state index in [4.69, 9.17) is 33.2 Å². The smallest absolute Gasteiger partial charge is 0.336 e. The maximum atomic E-state index is 14.1. The van der Waals surface area contributed by atoms with E-state index in [0.717, 1.165) is 10.6 Å². The van der Waals surface area contributed by atoms with Gasteiger partial charge in [-0.25, -0.2) is 4.79 Å². The summed E-state index contributed by atoms with van der Waals surface area (Å²) in [7, 11) is 4.56. The Balaban J connectivity index is 1.39. The first-order chi connectivity index (χ1) is 23.3. The maximum Gasteiger partial charge on any atom is 0.336 e. The van der Waals surface area contributed by atoms with Gasteiger partial charge in [-0.2, -0.15) is 0 Å². The number of fused-ring (bicyclic) bond motifs is 3. The van der Waals surface area contributed by atoms with Crippen molar-refractivity contribution < 1.29 is 52.7 Å². The summed E-state index contributed by atoms with van der Waals surface area (Å²) in [5, 5.41) is 16.9. The molecule has 1 saturated heterocycles. The molecule has 4 aliphatic rings. The molecule has 2 aromatic carbocycles. The summed E-state index contributed by atoms with van der Waals surface area (Å²) in [5.74, 6) is -1.13. The van der Waals surface area contributed by atoms with Crippen LogP contribution in [0, 0.1) is 11.8 Å². The van der Waals surface area contributed by atoms with E-state index in [1.807, 2.05) is 31.2 Å². The van der Waals surface area contributed by atoms with Crippen molar-refractivity contribution in [3.8, 4) is 28.7 Å². The zero-order chi connectivity index (χ0) is 35.4. The Morgan fingerprint density at radius 3 is 2.14 bits per heavy atom. The topological polar surface area (TPSA) is 151 Å². The van der Waals surface area contributed by atoms with Crippen LogP contribution in [0.15, 0.2) is 35.9 Å². The zero-order valence-electron chi connectivity index (χ0n) is 29.0. The van der Waals surface area contributed by atoms with Gasteiger partial charge < -0.3 is 38.5 Å². The van der Waals surface area contributed by atoms with Gasteiger partial charge in [0.1, 0.15) is 0 Å². The van der Waals surface area contributed by atoms with Crippen molar-refractivity contribution in [3.63, 3.8) is 0 Å². The van der Waals surface area contributed by atoms with Crippen molar-refractivity contribution in [2.45, 2.75) is 76.6 Å². The van der Waals surface area contributed by atoms with Crippen LogP contribution in [0.2, 0.25) is 0 Å². The van der Waals surface area contributed by atoms with Crippen LogP contribution >= 0.6 is 0 Å². The summed E-state index contributed by atoms with van der Waals surface area (Å²) < 4.78 is 39.8. The van der Waals surface area contributed by atoms with Crippen molar-refractivity contribution in [1.82, 2.24) is 10.4 Å². The highest BCUT2D eigenvalue weighted by molar-refractivity contribution is 5.94. The number of nitrogens with one attached hydrogen (secondary N) is 1. The first-order valence-corrected chi connectivity index (χ1v) is 16.4. The highest BCUT2D eigenvalue weighted by Gasteiger charge is 2.54. The number of benzene rings is 2. The number of nitrogens with zero attached hydrogens (tertiary/aromatic N) is 1. The second-order valence-corrected chi connectivity index (χ2v) is 13.8. The lowest BCUT2D eigenvalue weighted by molar-refractivity contribution is -0.239. The van der Waals surface area contributed by atoms with Crippen molar-refractivity contribution >= 4 is 17.8 Å². The van der Waals surface area contributed by atoms with E-state index in [-0.39, 0.29) is 25.4 Å². The summed E-state index contributed by atoms with van der Waals surface area (Å²) >= 11 is 0. The quantitative estimate of drug-likeness (QED) is 0.356. The molecule has 1 amide bonds. The van der Waals surface area contributed by atoms with Gasteiger partial charge in [0.25, 0.3) is 5.91 Å². The van der Waals surface area contributed by atoms with Gasteiger partial charge in [0.05, 0.1) is 56.5 Å². The van der Waals surface area contributed by atoms with Gasteiger partial charge in [-0.3, -0.25) is 9.59 Å². The molecular formula is C36H43N2O11. The number of amides is 1. The molecule has 0 saturated carbocycles. The largest absolute Gasteiger partial charge is 0.493 e. The fourth-order valence-electron chi connectivity index (χ4n) is 7.70. The number of hydrogen-bond acceptors (Lipinski definition) is 11. The normalized spacial score (nSPS) is 25.0. The fraction of sp³-hybridized carbons (Fsp3) is 0.528. The Kier molecular flexibility index (Phi) is 8.95. The summed E-state index contributed by atoms with van der Waals surface area (Å²) in [6, 6.07) is 6.57. The number of carbonyl (C=O) groups excluding carboxylic acids is 3. The molecule has 13 nitrogen and oxygen atoms in total. The summed E-state index contributed by atoms with van der Waals surface area (Å²) in [6.07, 6.45) is 1.23. The SMILES string of the molecule is CCCC(OC(=O)C1=CC(C)(C)N([O])C1(C)C)C(=O)N[C@@H]1c2cc3c(cc2[C@@H](c2cc(OC)c(OC)c(OC)c2)[C@H]2C(=O)OC[C@@H]21)OCO3. The number of hydroxylamine groups is 2. The van der Waals surface area contributed by atoms with Gasteiger partial charge in [-0.1, -0.05) is 13.3 Å². The van der Waals surface area contributed by atoms with Crippen molar-refractivity contribution in [2.75, 3.05) is 34.7 Å². The molecule has 1 N–H and O–H groups in total. The Hall–Kier alpha value is -4.49. The lowest BCUT2D eigenvalue weighted by Crippen LogP contribution is -2.49. The van der Waals surface area contributed by atoms with E-state index in [0.29, 0.717) is 46.3 Å². The second-order valence-electron chi connectivity index (χ2n) is 13.8. The Morgan fingerprint density at radius 1 is 0.959 bits per heavy atom. The van der Waals surface area contributed by atoms with E-state index in [1.54, 1.807) is 33.8 Å². The molecule has 5 atom stereocenters. The average Bonchev–Trinajstić information content (AvgIpc) is 3.74. The van der Waals surface area contributed by atoms with Crippen LogP contribution in [-0.2, 0) is 29.1 Å². The van der Waals surface area contributed by atoms with E-state index in [2.05, 4.69) is 5.32 Å². The molecule has 2 aromatic rings. The van der Waals surface area contributed by atoms with Crippen LogP contribution in [0.1, 0.15) is 76.1 Å². The highest BCUT2D eigenvalue weighted by atomic mass is 16.7. The van der Waals surface area contributed by atoms with Gasteiger partial charge in [-0.05, 0) is 81.1 Å². The Morgan fingerprint density at radius 2 is 1.59 bits per heavy atom. The molecule has 0 spiro atoms. The third-order valence-electron chi connectivity index (χ3n) is 10.0. The minimum atomic E-state index is -1.15. The Bertz CT molecular complexity index is 1670. The molecule has 13 heteroatoms. The second kappa shape index (κ2) is 12.8. The Labute approximate surface area is 285 Å². The molecular weight excluding hydrogens is 636 g/mol. The molecule has 3 heterocycles. The third-order valence-corrected chi connectivity index (χ3v) is 10.0. The third kappa shape index (κ3) is 5.72. The minimum absolute atomic E-state index is 0.0251. The van der Waals surface area contributed by atoms with Crippen molar-refractivity contribution in [2.24, 2.45) is 11.8 Å². The first-order valence-electron chi connectivity index (χ1n) is 16.4. The van der Waals surface area contributed by atoms with Crippen LogP contribution in [0.5, 0.6) is 28.7 Å². The predicted octanol–water partition coefficient (Wildman–Crippen LogP) is 4.39. The van der Waals surface area contributed by atoms with Gasteiger partial charge in [0.2, 0.25) is 12.5 Å². The molecule has 0 aromatic heterocycles.